The van der Waals surface area contributed by atoms with Crippen molar-refractivity contribution < 1.29 is 23.8 Å². The van der Waals surface area contributed by atoms with E-state index < -0.39 is 0 Å². The summed E-state index contributed by atoms with van der Waals surface area (Å²) in [6.07, 6.45) is 1.22. The van der Waals surface area contributed by atoms with Crippen LogP contribution in [0.4, 0.5) is 4.79 Å². The first-order chi connectivity index (χ1) is 12.6. The molecule has 142 valence electrons. The second-order valence-corrected chi connectivity index (χ2v) is 6.57. The van der Waals surface area contributed by atoms with Gasteiger partial charge in [-0.25, -0.2) is 4.79 Å². The lowest BCUT2D eigenvalue weighted by atomic mass is 10.1. The Balaban J connectivity index is 1.50. The van der Waals surface area contributed by atoms with Crippen LogP contribution in [0.5, 0.6) is 5.75 Å². The molecule has 1 aromatic carbocycles. The van der Waals surface area contributed by atoms with E-state index in [9.17, 15) is 9.59 Å². The monoisotopic (exact) mass is 362 g/mol. The van der Waals surface area contributed by atoms with Crippen LogP contribution in [0.25, 0.3) is 0 Å². The highest BCUT2D eigenvalue weighted by atomic mass is 16.6. The van der Waals surface area contributed by atoms with Gasteiger partial charge in [0.05, 0.1) is 19.7 Å². The van der Waals surface area contributed by atoms with Crippen molar-refractivity contribution in [3.63, 3.8) is 0 Å². The number of aryl methyl sites for hydroxylation is 1. The van der Waals surface area contributed by atoms with E-state index in [2.05, 4.69) is 0 Å². The highest BCUT2D eigenvalue weighted by molar-refractivity contribution is 5.79. The fraction of sp³-hybridized carbons (Fsp3) is 0.579. The summed E-state index contributed by atoms with van der Waals surface area (Å²) in [6, 6.07) is 7.90. The summed E-state index contributed by atoms with van der Waals surface area (Å²) in [4.78, 5) is 27.7. The van der Waals surface area contributed by atoms with Crippen molar-refractivity contribution >= 4 is 12.0 Å². The standard InChI is InChI=1S/C19H26N2O5/c1-3-25-13-18(22)20-11-16-17(12-20)26-19(23)21(16)10-4-5-14-6-8-15(24-2)9-7-14/h6-9,16-17H,3-5,10-13H2,1-2H3/t16-,17+/m0/s1. The summed E-state index contributed by atoms with van der Waals surface area (Å²) in [5.74, 6) is 0.790. The lowest BCUT2D eigenvalue weighted by Gasteiger charge is -2.22. The fourth-order valence-electron chi connectivity index (χ4n) is 3.49. The largest absolute Gasteiger partial charge is 0.497 e. The molecule has 2 fully saturated rings. The number of carbonyl (C=O) groups excluding carboxylic acids is 2. The predicted molar refractivity (Wildman–Crippen MR) is 95.2 cm³/mol. The quantitative estimate of drug-likeness (QED) is 0.704. The van der Waals surface area contributed by atoms with E-state index in [-0.39, 0.29) is 30.8 Å². The lowest BCUT2D eigenvalue weighted by molar-refractivity contribution is -0.135. The highest BCUT2D eigenvalue weighted by Gasteiger charge is 2.48. The Labute approximate surface area is 153 Å². The van der Waals surface area contributed by atoms with E-state index in [1.165, 1.54) is 5.56 Å². The molecule has 2 aliphatic rings. The summed E-state index contributed by atoms with van der Waals surface area (Å²) in [7, 11) is 1.65. The molecule has 2 atom stereocenters. The molecule has 2 saturated heterocycles. The van der Waals surface area contributed by atoms with E-state index in [0.29, 0.717) is 26.2 Å². The van der Waals surface area contributed by atoms with Crippen molar-refractivity contribution in [1.29, 1.82) is 0 Å². The third-order valence-electron chi connectivity index (χ3n) is 4.93. The van der Waals surface area contributed by atoms with Crippen molar-refractivity contribution in [3.8, 4) is 5.75 Å². The predicted octanol–water partition coefficient (Wildman–Crippen LogP) is 1.70. The summed E-state index contributed by atoms with van der Waals surface area (Å²) >= 11 is 0. The van der Waals surface area contributed by atoms with Gasteiger partial charge in [-0.3, -0.25) is 9.69 Å². The molecule has 2 amide bonds. The summed E-state index contributed by atoms with van der Waals surface area (Å²) < 4.78 is 15.8. The molecule has 0 radical (unpaired) electrons. The van der Waals surface area contributed by atoms with Crippen LogP contribution in [-0.2, 0) is 20.7 Å². The van der Waals surface area contributed by atoms with Crippen LogP contribution in [0.1, 0.15) is 18.9 Å². The number of ether oxygens (including phenoxy) is 3. The van der Waals surface area contributed by atoms with E-state index in [1.54, 1.807) is 16.9 Å². The molecule has 2 aliphatic heterocycles. The molecule has 3 rings (SSSR count). The first-order valence-electron chi connectivity index (χ1n) is 9.08. The number of fused-ring (bicyclic) bond motifs is 1. The van der Waals surface area contributed by atoms with E-state index in [0.717, 1.165) is 18.6 Å². The molecule has 0 aromatic heterocycles. The first-order valence-corrected chi connectivity index (χ1v) is 9.08. The number of likely N-dealkylation sites (tertiary alicyclic amines) is 1. The maximum Gasteiger partial charge on any atom is 0.410 e. The van der Waals surface area contributed by atoms with Crippen LogP contribution in [-0.4, -0.2) is 73.9 Å². The minimum Gasteiger partial charge on any atom is -0.497 e. The molecule has 7 nitrogen and oxygen atoms in total. The zero-order valence-corrected chi connectivity index (χ0v) is 15.3. The molecular formula is C19H26N2O5. The van der Waals surface area contributed by atoms with E-state index in [1.807, 2.05) is 31.2 Å². The van der Waals surface area contributed by atoms with Crippen LogP contribution < -0.4 is 4.74 Å². The molecule has 1 aromatic rings. The molecule has 7 heteroatoms. The van der Waals surface area contributed by atoms with Gasteiger partial charge >= 0.3 is 6.09 Å². The topological polar surface area (TPSA) is 68.3 Å². The maximum absolute atomic E-state index is 12.1. The van der Waals surface area contributed by atoms with Crippen LogP contribution >= 0.6 is 0 Å². The normalized spacial score (nSPS) is 21.7. The van der Waals surface area contributed by atoms with Gasteiger partial charge in [-0.05, 0) is 37.5 Å². The molecule has 0 spiro atoms. The van der Waals surface area contributed by atoms with Crippen molar-refractivity contribution in [2.75, 3.05) is 40.0 Å². The second kappa shape index (κ2) is 8.40. The number of nitrogens with zero attached hydrogens (tertiary/aromatic N) is 2. The third-order valence-corrected chi connectivity index (χ3v) is 4.93. The van der Waals surface area contributed by atoms with Crippen molar-refractivity contribution in [2.45, 2.75) is 31.9 Å². The van der Waals surface area contributed by atoms with Crippen molar-refractivity contribution in [2.24, 2.45) is 0 Å². The molecule has 0 aliphatic carbocycles. The van der Waals surface area contributed by atoms with Crippen molar-refractivity contribution in [1.82, 2.24) is 9.80 Å². The highest BCUT2D eigenvalue weighted by Crippen LogP contribution is 2.27. The summed E-state index contributed by atoms with van der Waals surface area (Å²) in [5.41, 5.74) is 1.20. The Morgan fingerprint density at radius 1 is 1.27 bits per heavy atom. The Bertz CT molecular complexity index is 633. The van der Waals surface area contributed by atoms with Gasteiger partial charge in [0.15, 0.2) is 0 Å². The smallest absolute Gasteiger partial charge is 0.410 e. The fourth-order valence-corrected chi connectivity index (χ4v) is 3.49. The SMILES string of the molecule is CCOCC(=O)N1C[C@H]2OC(=O)N(CCCc3ccc(OC)cc3)[C@H]2C1. The molecule has 26 heavy (non-hydrogen) atoms. The second-order valence-electron chi connectivity index (χ2n) is 6.57. The average molecular weight is 362 g/mol. The lowest BCUT2D eigenvalue weighted by Crippen LogP contribution is -2.40. The average Bonchev–Trinajstić information content (AvgIpc) is 3.18. The molecule has 0 bridgehead atoms. The molecule has 0 unspecified atom stereocenters. The summed E-state index contributed by atoms with van der Waals surface area (Å²) in [6.45, 7) is 4.06. The summed E-state index contributed by atoms with van der Waals surface area (Å²) in [5, 5.41) is 0. The van der Waals surface area contributed by atoms with Crippen LogP contribution in [0.15, 0.2) is 24.3 Å². The van der Waals surface area contributed by atoms with Gasteiger partial charge < -0.3 is 19.1 Å². The van der Waals surface area contributed by atoms with Gasteiger partial charge in [0.1, 0.15) is 18.5 Å². The zero-order valence-electron chi connectivity index (χ0n) is 15.3. The number of carbonyl (C=O) groups is 2. The van der Waals surface area contributed by atoms with Gasteiger partial charge in [0.25, 0.3) is 0 Å². The Morgan fingerprint density at radius 2 is 2.04 bits per heavy atom. The van der Waals surface area contributed by atoms with Crippen LogP contribution in [0.2, 0.25) is 0 Å². The van der Waals surface area contributed by atoms with Gasteiger partial charge in [-0.2, -0.15) is 0 Å². The van der Waals surface area contributed by atoms with Gasteiger partial charge in [-0.1, -0.05) is 12.1 Å². The van der Waals surface area contributed by atoms with Gasteiger partial charge in [-0.15, -0.1) is 0 Å². The van der Waals surface area contributed by atoms with Crippen molar-refractivity contribution in [3.05, 3.63) is 29.8 Å². The zero-order chi connectivity index (χ0) is 18.5. The van der Waals surface area contributed by atoms with E-state index >= 15 is 0 Å². The van der Waals surface area contributed by atoms with Gasteiger partial charge in [0, 0.05) is 19.7 Å². The van der Waals surface area contributed by atoms with E-state index in [4.69, 9.17) is 14.2 Å². The minimum atomic E-state index is -0.272. The first kappa shape index (κ1) is 18.5. The molecule has 0 saturated carbocycles. The molecule has 2 heterocycles. The maximum atomic E-state index is 12.1. The third kappa shape index (κ3) is 4.09. The molecular weight excluding hydrogens is 336 g/mol. The Kier molecular flexibility index (Phi) is 5.98. The number of benzene rings is 1. The van der Waals surface area contributed by atoms with Crippen LogP contribution in [0, 0.1) is 0 Å². The van der Waals surface area contributed by atoms with Crippen LogP contribution in [0.3, 0.4) is 0 Å². The number of amides is 2. The van der Waals surface area contributed by atoms with Gasteiger partial charge in [0.2, 0.25) is 5.91 Å². The molecule has 0 N–H and O–H groups in total. The Morgan fingerprint density at radius 3 is 2.73 bits per heavy atom. The Hall–Kier alpha value is -2.28. The number of hydrogen-bond donors (Lipinski definition) is 0. The number of methoxy groups -OCH3 is 1. The number of hydrogen-bond acceptors (Lipinski definition) is 5. The minimum absolute atomic E-state index is 0.0459. The number of rotatable bonds is 8.